The molecule has 5 heteroatoms. The molecular formula is C12H14N4O. The zero-order valence-electron chi connectivity index (χ0n) is 9.44. The third kappa shape index (κ3) is 3.85. The van der Waals surface area contributed by atoms with Crippen LogP contribution in [-0.2, 0) is 11.3 Å². The standard InChI is InChI=1S/C12H14N4O/c13-6-11-5-9(3-4-15-11)7-14-8-12(17)16-10-1-2-10/h3-5,10,14H,1-2,7-8H2,(H,16,17). The molecule has 1 aromatic rings. The molecule has 2 N–H and O–H groups in total. The van der Waals surface area contributed by atoms with Crippen molar-refractivity contribution in [1.29, 1.82) is 5.26 Å². The molecule has 88 valence electrons. The van der Waals surface area contributed by atoms with Crippen molar-refractivity contribution in [1.82, 2.24) is 15.6 Å². The topological polar surface area (TPSA) is 77.8 Å². The molecule has 0 atom stereocenters. The van der Waals surface area contributed by atoms with Crippen molar-refractivity contribution in [3.8, 4) is 6.07 Å². The number of pyridine rings is 1. The Hall–Kier alpha value is -1.93. The molecule has 0 spiro atoms. The predicted octanol–water partition coefficient (Wildman–Crippen LogP) is 0.321. The van der Waals surface area contributed by atoms with E-state index in [2.05, 4.69) is 15.6 Å². The molecule has 1 saturated carbocycles. The Morgan fingerprint density at radius 3 is 3.12 bits per heavy atom. The number of amides is 1. The van der Waals surface area contributed by atoms with Gasteiger partial charge in [0.15, 0.2) is 0 Å². The molecule has 0 bridgehead atoms. The second-order valence-corrected chi connectivity index (χ2v) is 4.11. The Kier molecular flexibility index (Phi) is 3.68. The lowest BCUT2D eigenvalue weighted by Gasteiger charge is -2.05. The van der Waals surface area contributed by atoms with Gasteiger partial charge in [0.25, 0.3) is 0 Å². The van der Waals surface area contributed by atoms with E-state index in [9.17, 15) is 4.79 Å². The monoisotopic (exact) mass is 230 g/mol. The van der Waals surface area contributed by atoms with Gasteiger partial charge in [-0.25, -0.2) is 4.98 Å². The van der Waals surface area contributed by atoms with Crippen LogP contribution in [0.1, 0.15) is 24.1 Å². The first kappa shape index (κ1) is 11.6. The Balaban J connectivity index is 1.73. The van der Waals surface area contributed by atoms with Gasteiger partial charge >= 0.3 is 0 Å². The number of nitrogens with zero attached hydrogens (tertiary/aromatic N) is 2. The van der Waals surface area contributed by atoms with E-state index in [4.69, 9.17) is 5.26 Å². The highest BCUT2D eigenvalue weighted by Gasteiger charge is 2.22. The molecule has 1 aromatic heterocycles. The molecule has 0 aromatic carbocycles. The average molecular weight is 230 g/mol. The van der Waals surface area contributed by atoms with Crippen molar-refractivity contribution in [2.75, 3.05) is 6.54 Å². The van der Waals surface area contributed by atoms with Crippen LogP contribution in [0.4, 0.5) is 0 Å². The molecule has 0 radical (unpaired) electrons. The van der Waals surface area contributed by atoms with Gasteiger partial charge < -0.3 is 10.6 Å². The van der Waals surface area contributed by atoms with Crippen LogP contribution in [0.3, 0.4) is 0 Å². The quantitative estimate of drug-likeness (QED) is 0.763. The van der Waals surface area contributed by atoms with Gasteiger partial charge in [0.05, 0.1) is 6.54 Å². The van der Waals surface area contributed by atoms with Crippen molar-refractivity contribution < 1.29 is 4.79 Å². The van der Waals surface area contributed by atoms with Crippen molar-refractivity contribution in [3.05, 3.63) is 29.6 Å². The van der Waals surface area contributed by atoms with Crippen LogP contribution in [-0.4, -0.2) is 23.5 Å². The van der Waals surface area contributed by atoms with E-state index in [0.29, 0.717) is 24.8 Å². The van der Waals surface area contributed by atoms with E-state index >= 15 is 0 Å². The first-order valence-electron chi connectivity index (χ1n) is 5.63. The van der Waals surface area contributed by atoms with Gasteiger partial charge in [0.2, 0.25) is 5.91 Å². The summed E-state index contributed by atoms with van der Waals surface area (Å²) in [6, 6.07) is 5.92. The zero-order valence-corrected chi connectivity index (χ0v) is 9.44. The van der Waals surface area contributed by atoms with Gasteiger partial charge in [0.1, 0.15) is 11.8 Å². The molecule has 1 aliphatic rings. The molecule has 0 saturated heterocycles. The van der Waals surface area contributed by atoms with Crippen LogP contribution in [0.25, 0.3) is 0 Å². The van der Waals surface area contributed by atoms with Gasteiger partial charge in [0, 0.05) is 18.8 Å². The third-order valence-electron chi connectivity index (χ3n) is 2.50. The summed E-state index contributed by atoms with van der Waals surface area (Å²) in [5.74, 6) is 0.0297. The number of aromatic nitrogens is 1. The maximum atomic E-state index is 11.4. The smallest absolute Gasteiger partial charge is 0.234 e. The fourth-order valence-electron chi connectivity index (χ4n) is 1.47. The number of hydrogen-bond donors (Lipinski definition) is 2. The van der Waals surface area contributed by atoms with Crippen LogP contribution in [0.15, 0.2) is 18.3 Å². The van der Waals surface area contributed by atoms with E-state index in [-0.39, 0.29) is 5.91 Å². The summed E-state index contributed by atoms with van der Waals surface area (Å²) in [4.78, 5) is 15.2. The zero-order chi connectivity index (χ0) is 12.1. The number of carbonyl (C=O) groups is 1. The maximum absolute atomic E-state index is 11.4. The molecule has 17 heavy (non-hydrogen) atoms. The lowest BCUT2D eigenvalue weighted by atomic mass is 10.2. The van der Waals surface area contributed by atoms with Gasteiger partial charge in [-0.1, -0.05) is 0 Å². The summed E-state index contributed by atoms with van der Waals surface area (Å²) < 4.78 is 0. The number of rotatable bonds is 5. The number of nitriles is 1. The minimum atomic E-state index is 0.0297. The molecular weight excluding hydrogens is 216 g/mol. The molecule has 1 heterocycles. The highest BCUT2D eigenvalue weighted by molar-refractivity contribution is 5.78. The number of carbonyl (C=O) groups excluding carboxylic acids is 1. The van der Waals surface area contributed by atoms with Crippen molar-refractivity contribution in [3.63, 3.8) is 0 Å². The second kappa shape index (κ2) is 5.41. The highest BCUT2D eigenvalue weighted by Crippen LogP contribution is 2.18. The van der Waals surface area contributed by atoms with E-state index in [0.717, 1.165) is 18.4 Å². The van der Waals surface area contributed by atoms with E-state index < -0.39 is 0 Å². The maximum Gasteiger partial charge on any atom is 0.234 e. The van der Waals surface area contributed by atoms with Crippen LogP contribution >= 0.6 is 0 Å². The summed E-state index contributed by atoms with van der Waals surface area (Å²) in [7, 11) is 0. The van der Waals surface area contributed by atoms with Crippen LogP contribution < -0.4 is 10.6 Å². The van der Waals surface area contributed by atoms with E-state index in [1.807, 2.05) is 12.1 Å². The van der Waals surface area contributed by atoms with Crippen LogP contribution in [0, 0.1) is 11.3 Å². The Labute approximate surface area is 99.9 Å². The molecule has 0 aliphatic heterocycles. The van der Waals surface area contributed by atoms with Gasteiger partial charge in [-0.3, -0.25) is 4.79 Å². The highest BCUT2D eigenvalue weighted by atomic mass is 16.2. The minimum Gasteiger partial charge on any atom is -0.352 e. The van der Waals surface area contributed by atoms with E-state index in [1.54, 1.807) is 12.3 Å². The minimum absolute atomic E-state index is 0.0297. The largest absolute Gasteiger partial charge is 0.352 e. The lowest BCUT2D eigenvalue weighted by Crippen LogP contribution is -2.34. The molecule has 1 amide bonds. The first-order chi connectivity index (χ1) is 8.28. The number of nitrogens with one attached hydrogen (secondary N) is 2. The lowest BCUT2D eigenvalue weighted by molar-refractivity contribution is -0.120. The second-order valence-electron chi connectivity index (χ2n) is 4.11. The molecule has 5 nitrogen and oxygen atoms in total. The summed E-state index contributed by atoms with van der Waals surface area (Å²) in [5, 5.41) is 14.6. The van der Waals surface area contributed by atoms with Gasteiger partial charge in [-0.2, -0.15) is 5.26 Å². The summed E-state index contributed by atoms with van der Waals surface area (Å²) in [6.45, 7) is 0.871. The summed E-state index contributed by atoms with van der Waals surface area (Å²) in [5.41, 5.74) is 1.35. The fourth-order valence-corrected chi connectivity index (χ4v) is 1.47. The summed E-state index contributed by atoms with van der Waals surface area (Å²) in [6.07, 6.45) is 3.79. The van der Waals surface area contributed by atoms with Crippen molar-refractivity contribution in [2.45, 2.75) is 25.4 Å². The Morgan fingerprint density at radius 1 is 1.59 bits per heavy atom. The Morgan fingerprint density at radius 2 is 2.41 bits per heavy atom. The summed E-state index contributed by atoms with van der Waals surface area (Å²) >= 11 is 0. The molecule has 1 aliphatic carbocycles. The molecule has 0 unspecified atom stereocenters. The fraction of sp³-hybridized carbons (Fsp3) is 0.417. The van der Waals surface area contributed by atoms with Gasteiger partial charge in [-0.15, -0.1) is 0 Å². The SMILES string of the molecule is N#Cc1cc(CNCC(=O)NC2CC2)ccn1. The number of hydrogen-bond acceptors (Lipinski definition) is 4. The first-order valence-corrected chi connectivity index (χ1v) is 5.63. The van der Waals surface area contributed by atoms with Crippen LogP contribution in [0.2, 0.25) is 0 Å². The normalized spacial score (nSPS) is 14.1. The third-order valence-corrected chi connectivity index (χ3v) is 2.50. The Bertz CT molecular complexity index is 448. The van der Waals surface area contributed by atoms with Crippen molar-refractivity contribution >= 4 is 5.91 Å². The van der Waals surface area contributed by atoms with E-state index in [1.165, 1.54) is 0 Å². The van der Waals surface area contributed by atoms with Crippen LogP contribution in [0.5, 0.6) is 0 Å². The molecule has 1 fully saturated rings. The van der Waals surface area contributed by atoms with Crippen molar-refractivity contribution in [2.24, 2.45) is 0 Å². The predicted molar refractivity (Wildman–Crippen MR) is 61.8 cm³/mol. The average Bonchev–Trinajstić information content (AvgIpc) is 3.13. The molecule has 2 rings (SSSR count). The van der Waals surface area contributed by atoms with Gasteiger partial charge in [-0.05, 0) is 30.5 Å².